The van der Waals surface area contributed by atoms with Gasteiger partial charge >= 0.3 is 0 Å². The molecule has 2 aliphatic rings. The molecule has 0 unspecified atom stereocenters. The molecule has 2 heterocycles. The predicted molar refractivity (Wildman–Crippen MR) is 119 cm³/mol. The summed E-state index contributed by atoms with van der Waals surface area (Å²) >= 11 is 6.13. The maximum absolute atomic E-state index is 12.5. The second-order valence-electron chi connectivity index (χ2n) is 8.05. The topological polar surface area (TPSA) is 73.8 Å². The highest BCUT2D eigenvalue weighted by atomic mass is 35.5. The Balaban J connectivity index is 1.36. The standard InChI is InChI=1S/C23H25ClN4O2/c1-15-6-8-17(9-7-15)21-22(30)27-23(26-21)10-12-28(13-11-23)14-20(29)25-19-5-3-4-18(24)16(19)2/h3-9H,10-14H2,1-2H3,(H,25,29)(H,27,30). The van der Waals surface area contributed by atoms with Crippen LogP contribution in [0.2, 0.25) is 5.02 Å². The average Bonchev–Trinajstić information content (AvgIpc) is 3.04. The van der Waals surface area contributed by atoms with Crippen LogP contribution in [-0.4, -0.2) is 47.7 Å². The molecule has 2 N–H and O–H groups in total. The van der Waals surface area contributed by atoms with E-state index in [9.17, 15) is 9.59 Å². The number of carbonyl (C=O) groups is 2. The van der Waals surface area contributed by atoms with Crippen molar-refractivity contribution in [3.63, 3.8) is 0 Å². The zero-order valence-corrected chi connectivity index (χ0v) is 17.9. The molecule has 0 saturated carbocycles. The van der Waals surface area contributed by atoms with Gasteiger partial charge in [-0.05, 0) is 31.5 Å². The van der Waals surface area contributed by atoms with Gasteiger partial charge in [-0.1, -0.05) is 47.5 Å². The molecule has 0 radical (unpaired) electrons. The molecule has 7 heteroatoms. The summed E-state index contributed by atoms with van der Waals surface area (Å²) < 4.78 is 0. The number of nitrogens with one attached hydrogen (secondary N) is 2. The van der Waals surface area contributed by atoms with Gasteiger partial charge in [0, 0.05) is 42.2 Å². The van der Waals surface area contributed by atoms with E-state index in [0.717, 1.165) is 22.4 Å². The fourth-order valence-corrected chi connectivity index (χ4v) is 4.10. The molecule has 0 atom stereocenters. The lowest BCUT2D eigenvalue weighted by Gasteiger charge is -2.36. The Hall–Kier alpha value is -2.70. The summed E-state index contributed by atoms with van der Waals surface area (Å²) in [5.74, 6) is -0.197. The fourth-order valence-electron chi connectivity index (χ4n) is 3.92. The number of hydrogen-bond donors (Lipinski definition) is 2. The molecule has 0 aliphatic carbocycles. The molecule has 2 aliphatic heterocycles. The van der Waals surface area contributed by atoms with Crippen molar-refractivity contribution >= 4 is 34.8 Å². The van der Waals surface area contributed by atoms with Crippen molar-refractivity contribution in [2.24, 2.45) is 4.99 Å². The van der Waals surface area contributed by atoms with Crippen molar-refractivity contribution in [1.82, 2.24) is 10.2 Å². The lowest BCUT2D eigenvalue weighted by molar-refractivity contribution is -0.119. The first-order chi connectivity index (χ1) is 14.3. The third kappa shape index (κ3) is 4.25. The van der Waals surface area contributed by atoms with Crippen LogP contribution >= 0.6 is 11.6 Å². The summed E-state index contributed by atoms with van der Waals surface area (Å²) in [6.45, 7) is 5.57. The van der Waals surface area contributed by atoms with Gasteiger partial charge in [-0.25, -0.2) is 0 Å². The fraction of sp³-hybridized carbons (Fsp3) is 0.348. The van der Waals surface area contributed by atoms with E-state index in [2.05, 4.69) is 15.5 Å². The normalized spacial score (nSPS) is 18.2. The van der Waals surface area contributed by atoms with Crippen molar-refractivity contribution in [2.45, 2.75) is 32.4 Å². The highest BCUT2D eigenvalue weighted by molar-refractivity contribution is 6.46. The number of nitrogens with zero attached hydrogens (tertiary/aromatic N) is 2. The van der Waals surface area contributed by atoms with Gasteiger partial charge in [0.1, 0.15) is 11.4 Å². The lowest BCUT2D eigenvalue weighted by atomic mass is 9.98. The van der Waals surface area contributed by atoms with Crippen molar-refractivity contribution in [3.05, 3.63) is 64.2 Å². The molecule has 2 amide bonds. The highest BCUT2D eigenvalue weighted by Crippen LogP contribution is 2.29. The van der Waals surface area contributed by atoms with Gasteiger partial charge in [0.25, 0.3) is 5.91 Å². The number of aliphatic imine (C=N–C) groups is 1. The minimum atomic E-state index is -0.562. The van der Waals surface area contributed by atoms with Crippen LogP contribution in [-0.2, 0) is 9.59 Å². The summed E-state index contributed by atoms with van der Waals surface area (Å²) in [4.78, 5) is 31.9. The summed E-state index contributed by atoms with van der Waals surface area (Å²) in [7, 11) is 0. The van der Waals surface area contributed by atoms with Gasteiger partial charge in [0.15, 0.2) is 0 Å². The van der Waals surface area contributed by atoms with E-state index < -0.39 is 5.66 Å². The first-order valence-electron chi connectivity index (χ1n) is 10.1. The Morgan fingerprint density at radius 1 is 1.17 bits per heavy atom. The van der Waals surface area contributed by atoms with Gasteiger partial charge in [0.2, 0.25) is 5.91 Å². The molecule has 1 fully saturated rings. The first kappa shape index (κ1) is 20.6. The zero-order valence-electron chi connectivity index (χ0n) is 17.2. The predicted octanol–water partition coefficient (Wildman–Crippen LogP) is 3.31. The number of aryl methyl sites for hydroxylation is 1. The Labute approximate surface area is 181 Å². The van der Waals surface area contributed by atoms with Crippen LogP contribution in [0.4, 0.5) is 5.69 Å². The minimum Gasteiger partial charge on any atom is -0.326 e. The van der Waals surface area contributed by atoms with E-state index >= 15 is 0 Å². The largest absolute Gasteiger partial charge is 0.326 e. The highest BCUT2D eigenvalue weighted by Gasteiger charge is 2.42. The maximum Gasteiger partial charge on any atom is 0.272 e. The van der Waals surface area contributed by atoms with E-state index in [0.29, 0.717) is 43.2 Å². The molecular weight excluding hydrogens is 400 g/mol. The molecule has 156 valence electrons. The van der Waals surface area contributed by atoms with Gasteiger partial charge in [0.05, 0.1) is 6.54 Å². The molecule has 2 aromatic rings. The quantitative estimate of drug-likeness (QED) is 0.790. The molecule has 30 heavy (non-hydrogen) atoms. The molecule has 6 nitrogen and oxygen atoms in total. The van der Waals surface area contributed by atoms with Crippen LogP contribution in [0.15, 0.2) is 47.5 Å². The number of anilines is 1. The van der Waals surface area contributed by atoms with Gasteiger partial charge in [-0.2, -0.15) is 0 Å². The van der Waals surface area contributed by atoms with Crippen molar-refractivity contribution < 1.29 is 9.59 Å². The number of rotatable bonds is 4. The lowest BCUT2D eigenvalue weighted by Crippen LogP contribution is -2.52. The minimum absolute atomic E-state index is 0.0735. The molecule has 4 rings (SSSR count). The first-order valence-corrected chi connectivity index (χ1v) is 10.5. The van der Waals surface area contributed by atoms with E-state index in [-0.39, 0.29) is 11.8 Å². The van der Waals surface area contributed by atoms with Crippen LogP contribution in [0, 0.1) is 13.8 Å². The average molecular weight is 425 g/mol. The van der Waals surface area contributed by atoms with Gasteiger partial charge < -0.3 is 10.6 Å². The summed E-state index contributed by atoms with van der Waals surface area (Å²) in [6, 6.07) is 13.3. The molecule has 1 saturated heterocycles. The molecular formula is C23H25ClN4O2. The van der Waals surface area contributed by atoms with Crippen LogP contribution in [0.5, 0.6) is 0 Å². The third-order valence-electron chi connectivity index (χ3n) is 5.80. The van der Waals surface area contributed by atoms with Crippen molar-refractivity contribution in [1.29, 1.82) is 0 Å². The second kappa shape index (κ2) is 8.20. The molecule has 0 bridgehead atoms. The van der Waals surface area contributed by atoms with Crippen LogP contribution in [0.25, 0.3) is 0 Å². The summed E-state index contributed by atoms with van der Waals surface area (Å²) in [5.41, 5.74) is 3.51. The number of likely N-dealkylation sites (tertiary alicyclic amines) is 1. The number of halogens is 1. The zero-order chi connectivity index (χ0) is 21.3. The van der Waals surface area contributed by atoms with Crippen LogP contribution < -0.4 is 10.6 Å². The molecule has 2 aromatic carbocycles. The van der Waals surface area contributed by atoms with Crippen LogP contribution in [0.3, 0.4) is 0 Å². The third-order valence-corrected chi connectivity index (χ3v) is 6.21. The van der Waals surface area contributed by atoms with E-state index in [4.69, 9.17) is 16.6 Å². The number of amides is 2. The molecule has 1 spiro atoms. The number of carbonyl (C=O) groups excluding carboxylic acids is 2. The maximum atomic E-state index is 12.5. The van der Waals surface area contributed by atoms with E-state index in [1.54, 1.807) is 6.07 Å². The SMILES string of the molecule is Cc1ccc(C2=NC3(CCN(CC(=O)Nc4cccc(Cl)c4C)CC3)NC2=O)cc1. The Bertz CT molecular complexity index is 1010. The van der Waals surface area contributed by atoms with E-state index in [1.807, 2.05) is 50.2 Å². The van der Waals surface area contributed by atoms with Crippen molar-refractivity contribution in [2.75, 3.05) is 25.0 Å². The van der Waals surface area contributed by atoms with Gasteiger partial charge in [-0.15, -0.1) is 0 Å². The molecule has 0 aromatic heterocycles. The smallest absolute Gasteiger partial charge is 0.272 e. The Kier molecular flexibility index (Phi) is 5.62. The Morgan fingerprint density at radius 2 is 1.87 bits per heavy atom. The van der Waals surface area contributed by atoms with Crippen LogP contribution in [0.1, 0.15) is 29.5 Å². The summed E-state index contributed by atoms with van der Waals surface area (Å²) in [6.07, 6.45) is 1.36. The Morgan fingerprint density at radius 3 is 2.57 bits per heavy atom. The number of piperidine rings is 1. The van der Waals surface area contributed by atoms with Gasteiger partial charge in [-0.3, -0.25) is 19.5 Å². The number of benzene rings is 2. The second-order valence-corrected chi connectivity index (χ2v) is 8.46. The van der Waals surface area contributed by atoms with E-state index in [1.165, 1.54) is 0 Å². The van der Waals surface area contributed by atoms with Crippen molar-refractivity contribution in [3.8, 4) is 0 Å². The summed E-state index contributed by atoms with van der Waals surface area (Å²) in [5, 5.41) is 6.64. The monoisotopic (exact) mass is 424 g/mol. The number of hydrogen-bond acceptors (Lipinski definition) is 4.